The van der Waals surface area contributed by atoms with Crippen molar-refractivity contribution in [3.8, 4) is 0 Å². The number of halogens is 1. The van der Waals surface area contributed by atoms with Gasteiger partial charge in [0, 0.05) is 6.42 Å². The van der Waals surface area contributed by atoms with Crippen molar-refractivity contribution in [1.82, 2.24) is 5.32 Å². The van der Waals surface area contributed by atoms with Gasteiger partial charge in [0.25, 0.3) is 0 Å². The van der Waals surface area contributed by atoms with Crippen molar-refractivity contribution < 1.29 is 19.1 Å². The van der Waals surface area contributed by atoms with Crippen LogP contribution in [0.2, 0.25) is 0 Å². The van der Waals surface area contributed by atoms with Crippen LogP contribution in [0.1, 0.15) is 11.1 Å². The number of nitrogens with two attached hydrogens (primary N) is 1. The second-order valence-corrected chi connectivity index (χ2v) is 5.53. The van der Waals surface area contributed by atoms with Crippen LogP contribution in [0.5, 0.6) is 0 Å². The Bertz CT molecular complexity index is 706. The van der Waals surface area contributed by atoms with Crippen LogP contribution in [0.25, 0.3) is 0 Å². The summed E-state index contributed by atoms with van der Waals surface area (Å²) in [6, 6.07) is 12.8. The van der Waals surface area contributed by atoms with Gasteiger partial charge in [-0.25, -0.2) is 9.18 Å². The van der Waals surface area contributed by atoms with Gasteiger partial charge in [0.05, 0.1) is 6.04 Å². The van der Waals surface area contributed by atoms with E-state index in [0.29, 0.717) is 12.0 Å². The minimum absolute atomic E-state index is 0.0170. The second kappa shape index (κ2) is 8.21. The lowest BCUT2D eigenvalue weighted by Crippen LogP contribution is -2.50. The number of hydrogen-bond donors (Lipinski definition) is 3. The molecule has 126 valence electrons. The highest BCUT2D eigenvalue weighted by Crippen LogP contribution is 2.08. The number of carbonyl (C=O) groups excluding carboxylic acids is 1. The SMILES string of the molecule is N[C@@H](Cc1ccccc1)C(=O)NC(Cc1cccc(F)c1)C(=O)O. The Kier molecular flexibility index (Phi) is 6.03. The van der Waals surface area contributed by atoms with Gasteiger partial charge in [0.1, 0.15) is 11.9 Å². The summed E-state index contributed by atoms with van der Waals surface area (Å²) in [5.74, 6) is -2.20. The van der Waals surface area contributed by atoms with Crippen molar-refractivity contribution in [2.75, 3.05) is 0 Å². The first kappa shape index (κ1) is 17.6. The monoisotopic (exact) mass is 330 g/mol. The molecule has 5 nitrogen and oxygen atoms in total. The first-order valence-electron chi connectivity index (χ1n) is 7.53. The largest absolute Gasteiger partial charge is 0.480 e. The average Bonchev–Trinajstić information content (AvgIpc) is 2.55. The van der Waals surface area contributed by atoms with Gasteiger partial charge in [0.2, 0.25) is 5.91 Å². The summed E-state index contributed by atoms with van der Waals surface area (Å²) in [6.45, 7) is 0. The van der Waals surface area contributed by atoms with Gasteiger partial charge in [-0.3, -0.25) is 4.79 Å². The molecular formula is C18H19FN2O3. The molecule has 2 rings (SSSR count). The highest BCUT2D eigenvalue weighted by Gasteiger charge is 2.23. The number of hydrogen-bond acceptors (Lipinski definition) is 3. The van der Waals surface area contributed by atoms with E-state index in [-0.39, 0.29) is 6.42 Å². The molecule has 4 N–H and O–H groups in total. The standard InChI is InChI=1S/C18H19FN2O3/c19-14-8-4-7-13(9-14)11-16(18(23)24)21-17(22)15(20)10-12-5-2-1-3-6-12/h1-9,15-16H,10-11,20H2,(H,21,22)(H,23,24)/t15-,16?/m0/s1. The van der Waals surface area contributed by atoms with Crippen molar-refractivity contribution in [3.63, 3.8) is 0 Å². The lowest BCUT2D eigenvalue weighted by molar-refractivity contribution is -0.141. The third-order valence-corrected chi connectivity index (χ3v) is 3.58. The zero-order chi connectivity index (χ0) is 17.5. The number of rotatable bonds is 7. The van der Waals surface area contributed by atoms with Crippen LogP contribution < -0.4 is 11.1 Å². The van der Waals surface area contributed by atoms with Crippen LogP contribution in [0.4, 0.5) is 4.39 Å². The fourth-order valence-electron chi connectivity index (χ4n) is 2.34. The summed E-state index contributed by atoms with van der Waals surface area (Å²) < 4.78 is 13.2. The van der Waals surface area contributed by atoms with Crippen LogP contribution in [0, 0.1) is 5.82 Å². The van der Waals surface area contributed by atoms with Gasteiger partial charge in [-0.05, 0) is 29.7 Å². The summed E-state index contributed by atoms with van der Waals surface area (Å²) in [4.78, 5) is 23.5. The quantitative estimate of drug-likeness (QED) is 0.717. The Labute approximate surface area is 139 Å². The first-order chi connectivity index (χ1) is 11.5. The molecule has 24 heavy (non-hydrogen) atoms. The molecular weight excluding hydrogens is 311 g/mol. The molecule has 0 aliphatic heterocycles. The Morgan fingerprint density at radius 1 is 1.04 bits per heavy atom. The zero-order valence-electron chi connectivity index (χ0n) is 13.0. The Morgan fingerprint density at radius 3 is 2.33 bits per heavy atom. The van der Waals surface area contributed by atoms with Crippen molar-refractivity contribution in [2.24, 2.45) is 5.73 Å². The molecule has 0 radical (unpaired) electrons. The van der Waals surface area contributed by atoms with E-state index >= 15 is 0 Å². The number of carboxylic acid groups (broad SMARTS) is 1. The number of aliphatic carboxylic acids is 1. The maximum atomic E-state index is 13.2. The Hall–Kier alpha value is -2.73. The predicted octanol–water partition coefficient (Wildman–Crippen LogP) is 1.51. The summed E-state index contributed by atoms with van der Waals surface area (Å²) in [7, 11) is 0. The molecule has 2 atom stereocenters. The third-order valence-electron chi connectivity index (χ3n) is 3.58. The van der Waals surface area contributed by atoms with Crippen molar-refractivity contribution in [3.05, 3.63) is 71.5 Å². The van der Waals surface area contributed by atoms with Crippen LogP contribution in [0.3, 0.4) is 0 Å². The molecule has 6 heteroatoms. The number of nitrogens with one attached hydrogen (secondary N) is 1. The van der Waals surface area contributed by atoms with Gasteiger partial charge in [0.15, 0.2) is 0 Å². The summed E-state index contributed by atoms with van der Waals surface area (Å²) in [6.07, 6.45) is 0.288. The molecule has 1 amide bonds. The number of carboxylic acids is 1. The molecule has 0 fully saturated rings. The minimum Gasteiger partial charge on any atom is -0.480 e. The Morgan fingerprint density at radius 2 is 1.71 bits per heavy atom. The molecule has 2 aromatic carbocycles. The van der Waals surface area contributed by atoms with Crippen LogP contribution in [-0.2, 0) is 22.4 Å². The fraction of sp³-hybridized carbons (Fsp3) is 0.222. The van der Waals surface area contributed by atoms with E-state index < -0.39 is 29.8 Å². The van der Waals surface area contributed by atoms with Crippen molar-refractivity contribution >= 4 is 11.9 Å². The van der Waals surface area contributed by atoms with E-state index in [1.54, 1.807) is 6.07 Å². The molecule has 0 bridgehead atoms. The van der Waals surface area contributed by atoms with E-state index in [4.69, 9.17) is 5.73 Å². The van der Waals surface area contributed by atoms with E-state index in [9.17, 15) is 19.1 Å². The van der Waals surface area contributed by atoms with Gasteiger partial charge >= 0.3 is 5.97 Å². The fourth-order valence-corrected chi connectivity index (χ4v) is 2.34. The lowest BCUT2D eigenvalue weighted by atomic mass is 10.0. The molecule has 2 aromatic rings. The second-order valence-electron chi connectivity index (χ2n) is 5.53. The van der Waals surface area contributed by atoms with Gasteiger partial charge in [-0.2, -0.15) is 0 Å². The van der Waals surface area contributed by atoms with Gasteiger partial charge < -0.3 is 16.2 Å². The molecule has 0 saturated carbocycles. The summed E-state index contributed by atoms with van der Waals surface area (Å²) in [5, 5.41) is 11.7. The topological polar surface area (TPSA) is 92.4 Å². The molecule has 0 aromatic heterocycles. The zero-order valence-corrected chi connectivity index (χ0v) is 13.0. The van der Waals surface area contributed by atoms with Crippen molar-refractivity contribution in [1.29, 1.82) is 0 Å². The highest BCUT2D eigenvalue weighted by atomic mass is 19.1. The molecule has 0 saturated heterocycles. The lowest BCUT2D eigenvalue weighted by Gasteiger charge is -2.18. The minimum atomic E-state index is -1.19. The number of benzene rings is 2. The summed E-state index contributed by atoms with van der Waals surface area (Å²) >= 11 is 0. The first-order valence-corrected chi connectivity index (χ1v) is 7.53. The molecule has 0 heterocycles. The smallest absolute Gasteiger partial charge is 0.326 e. The molecule has 0 aliphatic rings. The third kappa shape index (κ3) is 5.17. The average molecular weight is 330 g/mol. The normalized spacial score (nSPS) is 13.1. The molecule has 0 aliphatic carbocycles. The van der Waals surface area contributed by atoms with E-state index in [1.165, 1.54) is 18.2 Å². The molecule has 1 unspecified atom stereocenters. The number of carbonyl (C=O) groups is 2. The highest BCUT2D eigenvalue weighted by molar-refractivity contribution is 5.87. The van der Waals surface area contributed by atoms with E-state index in [0.717, 1.165) is 5.56 Å². The van der Waals surface area contributed by atoms with Crippen LogP contribution in [-0.4, -0.2) is 29.1 Å². The molecule has 0 spiro atoms. The summed E-state index contributed by atoms with van der Waals surface area (Å²) in [5.41, 5.74) is 7.22. The van der Waals surface area contributed by atoms with Gasteiger partial charge in [-0.1, -0.05) is 42.5 Å². The van der Waals surface area contributed by atoms with E-state index in [1.807, 2.05) is 30.3 Å². The Balaban J connectivity index is 1.99. The van der Waals surface area contributed by atoms with Gasteiger partial charge in [-0.15, -0.1) is 0 Å². The maximum absolute atomic E-state index is 13.2. The van der Waals surface area contributed by atoms with Crippen LogP contribution in [0.15, 0.2) is 54.6 Å². The maximum Gasteiger partial charge on any atom is 0.326 e. The van der Waals surface area contributed by atoms with E-state index in [2.05, 4.69) is 5.32 Å². The van der Waals surface area contributed by atoms with Crippen LogP contribution >= 0.6 is 0 Å². The number of amides is 1. The predicted molar refractivity (Wildman–Crippen MR) is 87.8 cm³/mol. The van der Waals surface area contributed by atoms with Crippen molar-refractivity contribution in [2.45, 2.75) is 24.9 Å².